The molecule has 4 N–H and O–H groups in total. The highest BCUT2D eigenvalue weighted by Crippen LogP contribution is 2.49. The van der Waals surface area contributed by atoms with Gasteiger partial charge in [0.25, 0.3) is 0 Å². The zero-order valence-electron chi connectivity index (χ0n) is 14.7. The van der Waals surface area contributed by atoms with Crippen LogP contribution in [0.2, 0.25) is 0 Å². The lowest BCUT2D eigenvalue weighted by molar-refractivity contribution is 0.358. The molecule has 1 spiro atoms. The Hall–Kier alpha value is -1.36. The van der Waals surface area contributed by atoms with E-state index in [2.05, 4.69) is 15.6 Å². The largest absolute Gasteiger partial charge is 0.370 e. The molecule has 5 heteroatoms. The Morgan fingerprint density at radius 1 is 1.12 bits per heavy atom. The van der Waals surface area contributed by atoms with E-state index >= 15 is 0 Å². The first-order chi connectivity index (χ1) is 11.8. The fourth-order valence-electron chi connectivity index (χ4n) is 5.14. The number of rotatable bonds is 5. The van der Waals surface area contributed by atoms with Crippen molar-refractivity contribution < 1.29 is 0 Å². The number of hydrogen-bond acceptors (Lipinski definition) is 5. The molecule has 2 fully saturated rings. The van der Waals surface area contributed by atoms with Gasteiger partial charge in [0, 0.05) is 23.6 Å². The second kappa shape index (κ2) is 6.87. The minimum Gasteiger partial charge on any atom is -0.370 e. The lowest BCUT2D eigenvalue weighted by Gasteiger charge is -2.35. The molecule has 24 heavy (non-hydrogen) atoms. The molecule has 0 amide bonds. The number of nitrogen functional groups attached to an aromatic ring is 1. The molecule has 1 aromatic rings. The molecular formula is C19H31N5. The first-order valence-electron chi connectivity index (χ1n) is 9.91. The summed E-state index contributed by atoms with van der Waals surface area (Å²) in [5.41, 5.74) is 9.00. The van der Waals surface area contributed by atoms with E-state index in [1.807, 2.05) is 0 Å². The fraction of sp³-hybridized carbons (Fsp3) is 0.789. The maximum atomic E-state index is 6.07. The third-order valence-corrected chi connectivity index (χ3v) is 6.35. The molecule has 2 aliphatic carbocycles. The Balaban J connectivity index is 1.46. The number of aromatic nitrogens is 2. The first kappa shape index (κ1) is 16.1. The van der Waals surface area contributed by atoms with Gasteiger partial charge in [0.2, 0.25) is 5.95 Å². The molecule has 1 atom stereocenters. The summed E-state index contributed by atoms with van der Waals surface area (Å²) >= 11 is 0. The quantitative estimate of drug-likeness (QED) is 0.724. The maximum Gasteiger partial charge on any atom is 0.222 e. The van der Waals surface area contributed by atoms with Gasteiger partial charge in [0.05, 0.1) is 5.69 Å². The van der Waals surface area contributed by atoms with E-state index in [4.69, 9.17) is 10.7 Å². The van der Waals surface area contributed by atoms with E-state index in [0.717, 1.165) is 24.8 Å². The molecule has 1 saturated heterocycles. The van der Waals surface area contributed by atoms with Crippen LogP contribution in [0.3, 0.4) is 0 Å². The summed E-state index contributed by atoms with van der Waals surface area (Å²) in [6, 6.07) is 0.720. The Bertz CT molecular complexity index is 573. The van der Waals surface area contributed by atoms with E-state index in [1.54, 1.807) is 0 Å². The second-order valence-electron chi connectivity index (χ2n) is 7.96. The third kappa shape index (κ3) is 3.10. The average Bonchev–Trinajstić information content (AvgIpc) is 3.25. The summed E-state index contributed by atoms with van der Waals surface area (Å²) in [4.78, 5) is 9.27. The molecule has 4 rings (SSSR count). The number of nitrogens with zero attached hydrogens (tertiary/aromatic N) is 2. The van der Waals surface area contributed by atoms with Crippen molar-refractivity contribution in [2.45, 2.75) is 82.1 Å². The van der Waals surface area contributed by atoms with Crippen LogP contribution in [0.1, 0.15) is 75.5 Å². The summed E-state index contributed by atoms with van der Waals surface area (Å²) in [6.07, 6.45) is 14.0. The van der Waals surface area contributed by atoms with Crippen molar-refractivity contribution in [3.05, 3.63) is 11.3 Å². The number of anilines is 2. The average molecular weight is 329 g/mol. The Morgan fingerprint density at radius 3 is 2.75 bits per heavy atom. The third-order valence-electron chi connectivity index (χ3n) is 6.35. The summed E-state index contributed by atoms with van der Waals surface area (Å²) < 4.78 is 0. The molecule has 0 radical (unpaired) electrons. The zero-order valence-corrected chi connectivity index (χ0v) is 14.7. The number of nitrogens with one attached hydrogen (secondary N) is 2. The predicted octanol–water partition coefficient (Wildman–Crippen LogP) is 3.15. The van der Waals surface area contributed by atoms with Crippen molar-refractivity contribution in [3.8, 4) is 0 Å². The highest BCUT2D eigenvalue weighted by atomic mass is 15.1. The maximum absolute atomic E-state index is 6.07. The summed E-state index contributed by atoms with van der Waals surface area (Å²) in [7, 11) is 0. The second-order valence-corrected chi connectivity index (χ2v) is 7.96. The molecule has 1 aromatic heterocycles. The van der Waals surface area contributed by atoms with Crippen LogP contribution in [-0.4, -0.2) is 29.1 Å². The van der Waals surface area contributed by atoms with Gasteiger partial charge in [-0.2, -0.15) is 4.98 Å². The van der Waals surface area contributed by atoms with E-state index in [-0.39, 0.29) is 0 Å². The van der Waals surface area contributed by atoms with Crippen LogP contribution in [0.15, 0.2) is 0 Å². The molecule has 5 nitrogen and oxygen atoms in total. The SMILES string of the molecule is Nc1nc(NCCCC2CCCN2)c2c(n1)C1(CCCC1)CCC2. The van der Waals surface area contributed by atoms with Crippen LogP contribution in [0.5, 0.6) is 0 Å². The van der Waals surface area contributed by atoms with E-state index in [1.165, 1.54) is 82.0 Å². The van der Waals surface area contributed by atoms with Crippen molar-refractivity contribution in [2.75, 3.05) is 24.1 Å². The molecule has 1 unspecified atom stereocenters. The summed E-state index contributed by atoms with van der Waals surface area (Å²) in [6.45, 7) is 2.17. The van der Waals surface area contributed by atoms with E-state index < -0.39 is 0 Å². The van der Waals surface area contributed by atoms with Crippen LogP contribution >= 0.6 is 0 Å². The number of fused-ring (bicyclic) bond motifs is 2. The van der Waals surface area contributed by atoms with E-state index in [9.17, 15) is 0 Å². The summed E-state index contributed by atoms with van der Waals surface area (Å²) in [5.74, 6) is 1.46. The zero-order chi connectivity index (χ0) is 16.4. The van der Waals surface area contributed by atoms with Gasteiger partial charge >= 0.3 is 0 Å². The van der Waals surface area contributed by atoms with Gasteiger partial charge in [-0.1, -0.05) is 12.8 Å². The van der Waals surface area contributed by atoms with Crippen LogP contribution in [0.25, 0.3) is 0 Å². The first-order valence-corrected chi connectivity index (χ1v) is 9.91. The van der Waals surface area contributed by atoms with Crippen LogP contribution < -0.4 is 16.4 Å². The summed E-state index contributed by atoms with van der Waals surface area (Å²) in [5, 5.41) is 7.16. The predicted molar refractivity (Wildman–Crippen MR) is 98.3 cm³/mol. The van der Waals surface area contributed by atoms with E-state index in [0.29, 0.717) is 11.4 Å². The fourth-order valence-corrected chi connectivity index (χ4v) is 5.14. The number of hydrogen-bond donors (Lipinski definition) is 3. The van der Waals surface area contributed by atoms with Crippen LogP contribution in [-0.2, 0) is 11.8 Å². The minimum absolute atomic E-state index is 0.300. The molecule has 1 aliphatic heterocycles. The monoisotopic (exact) mass is 329 g/mol. The standard InChI is InChI=1S/C19H31N5/c20-18-23-16-15(8-3-11-19(16)9-1-2-10-19)17(24-18)22-13-5-7-14-6-4-12-21-14/h14,21H,1-13H2,(H3,20,22,23,24). The van der Waals surface area contributed by atoms with Crippen molar-refractivity contribution in [3.63, 3.8) is 0 Å². The lowest BCUT2D eigenvalue weighted by atomic mass is 9.72. The van der Waals surface area contributed by atoms with Gasteiger partial charge in [-0.05, 0) is 64.3 Å². The van der Waals surface area contributed by atoms with Gasteiger partial charge in [-0.3, -0.25) is 0 Å². The highest BCUT2D eigenvalue weighted by molar-refractivity contribution is 5.53. The Morgan fingerprint density at radius 2 is 1.96 bits per heavy atom. The van der Waals surface area contributed by atoms with Gasteiger partial charge in [-0.15, -0.1) is 0 Å². The van der Waals surface area contributed by atoms with Crippen molar-refractivity contribution >= 4 is 11.8 Å². The Labute approximate surface area is 145 Å². The molecule has 2 heterocycles. The smallest absolute Gasteiger partial charge is 0.222 e. The normalized spacial score (nSPS) is 25.1. The van der Waals surface area contributed by atoms with Gasteiger partial charge in [-0.25, -0.2) is 4.98 Å². The molecule has 132 valence electrons. The lowest BCUT2D eigenvalue weighted by Crippen LogP contribution is -2.31. The molecule has 0 bridgehead atoms. The molecular weight excluding hydrogens is 298 g/mol. The van der Waals surface area contributed by atoms with Gasteiger partial charge < -0.3 is 16.4 Å². The number of nitrogens with two attached hydrogens (primary N) is 1. The molecule has 0 aromatic carbocycles. The topological polar surface area (TPSA) is 75.9 Å². The highest BCUT2D eigenvalue weighted by Gasteiger charge is 2.41. The Kier molecular flexibility index (Phi) is 4.61. The van der Waals surface area contributed by atoms with Crippen molar-refractivity contribution in [2.24, 2.45) is 0 Å². The minimum atomic E-state index is 0.300. The van der Waals surface area contributed by atoms with Crippen LogP contribution in [0, 0.1) is 0 Å². The van der Waals surface area contributed by atoms with Gasteiger partial charge in [0.15, 0.2) is 0 Å². The van der Waals surface area contributed by atoms with Crippen molar-refractivity contribution in [1.82, 2.24) is 15.3 Å². The van der Waals surface area contributed by atoms with Crippen LogP contribution in [0.4, 0.5) is 11.8 Å². The molecule has 1 saturated carbocycles. The van der Waals surface area contributed by atoms with Gasteiger partial charge in [0.1, 0.15) is 5.82 Å². The van der Waals surface area contributed by atoms with Crippen molar-refractivity contribution in [1.29, 1.82) is 0 Å². The molecule has 3 aliphatic rings.